The van der Waals surface area contributed by atoms with E-state index in [2.05, 4.69) is 9.72 Å². The molecule has 1 unspecified atom stereocenters. The van der Waals surface area contributed by atoms with E-state index in [1.54, 1.807) is 4.90 Å². The SMILES string of the molecule is O=C(C1CC1)N(CC1CCCO1)c1nc2ccc(OC(F)(F)F)cc2s1. The second-order valence-corrected chi connectivity index (χ2v) is 7.54. The molecule has 1 aliphatic heterocycles. The summed E-state index contributed by atoms with van der Waals surface area (Å²) in [7, 11) is 0. The number of ether oxygens (including phenoxy) is 2. The molecule has 9 heteroatoms. The Morgan fingerprint density at radius 2 is 2.15 bits per heavy atom. The van der Waals surface area contributed by atoms with Crippen molar-refractivity contribution in [1.82, 2.24) is 4.98 Å². The number of alkyl halides is 3. The van der Waals surface area contributed by atoms with Crippen LogP contribution in [-0.4, -0.2) is 36.5 Å². The van der Waals surface area contributed by atoms with Gasteiger partial charge in [0.25, 0.3) is 0 Å². The summed E-state index contributed by atoms with van der Waals surface area (Å²) in [5.41, 5.74) is 0.542. The summed E-state index contributed by atoms with van der Waals surface area (Å²) in [6, 6.07) is 4.00. The fourth-order valence-corrected chi connectivity index (χ4v) is 4.02. The van der Waals surface area contributed by atoms with Crippen molar-refractivity contribution in [2.24, 2.45) is 5.92 Å². The predicted molar refractivity (Wildman–Crippen MR) is 90.4 cm³/mol. The van der Waals surface area contributed by atoms with E-state index in [9.17, 15) is 18.0 Å². The van der Waals surface area contributed by atoms with Gasteiger partial charge in [-0.1, -0.05) is 11.3 Å². The molecule has 0 spiro atoms. The summed E-state index contributed by atoms with van der Waals surface area (Å²) >= 11 is 1.19. The van der Waals surface area contributed by atoms with Crippen LogP contribution in [0, 0.1) is 5.92 Å². The van der Waals surface area contributed by atoms with Gasteiger partial charge in [-0.2, -0.15) is 0 Å². The van der Waals surface area contributed by atoms with Crippen molar-refractivity contribution in [2.45, 2.75) is 38.1 Å². The van der Waals surface area contributed by atoms with Crippen LogP contribution in [0.15, 0.2) is 18.2 Å². The number of carbonyl (C=O) groups is 1. The lowest BCUT2D eigenvalue weighted by Gasteiger charge is -2.22. The lowest BCUT2D eigenvalue weighted by Crippen LogP contribution is -2.38. The maximum Gasteiger partial charge on any atom is 0.573 e. The Kier molecular flexibility index (Phi) is 4.52. The highest BCUT2D eigenvalue weighted by Gasteiger charge is 2.37. The Balaban J connectivity index is 1.61. The molecule has 4 rings (SSSR count). The third kappa shape index (κ3) is 3.93. The zero-order valence-corrected chi connectivity index (χ0v) is 14.6. The maximum atomic E-state index is 12.7. The molecule has 2 fully saturated rings. The van der Waals surface area contributed by atoms with E-state index in [1.807, 2.05) is 0 Å². The van der Waals surface area contributed by atoms with Gasteiger partial charge in [-0.05, 0) is 37.8 Å². The number of nitrogens with zero attached hydrogens (tertiary/aromatic N) is 2. The minimum atomic E-state index is -4.74. The number of halogens is 3. The van der Waals surface area contributed by atoms with Gasteiger partial charge in [0.15, 0.2) is 5.13 Å². The molecule has 1 aromatic heterocycles. The van der Waals surface area contributed by atoms with Gasteiger partial charge in [-0.25, -0.2) is 4.98 Å². The Bertz CT molecular complexity index is 813. The van der Waals surface area contributed by atoms with Crippen molar-refractivity contribution in [3.63, 3.8) is 0 Å². The fourth-order valence-electron chi connectivity index (χ4n) is 3.01. The topological polar surface area (TPSA) is 51.7 Å². The number of aromatic nitrogens is 1. The molecule has 1 aliphatic carbocycles. The summed E-state index contributed by atoms with van der Waals surface area (Å²) < 4.78 is 47.4. The molecule has 1 aromatic carbocycles. The van der Waals surface area contributed by atoms with Gasteiger partial charge >= 0.3 is 6.36 Å². The molecule has 1 saturated heterocycles. The van der Waals surface area contributed by atoms with Crippen LogP contribution in [0.4, 0.5) is 18.3 Å². The van der Waals surface area contributed by atoms with Crippen LogP contribution in [0.1, 0.15) is 25.7 Å². The molecule has 1 saturated carbocycles. The molecule has 2 heterocycles. The number of thiazole rings is 1. The predicted octanol–water partition coefficient (Wildman–Crippen LogP) is 4.12. The highest BCUT2D eigenvalue weighted by molar-refractivity contribution is 7.22. The summed E-state index contributed by atoms with van der Waals surface area (Å²) in [5.74, 6) is -0.252. The van der Waals surface area contributed by atoms with Gasteiger partial charge in [0.2, 0.25) is 5.91 Å². The van der Waals surface area contributed by atoms with Crippen molar-refractivity contribution in [2.75, 3.05) is 18.1 Å². The van der Waals surface area contributed by atoms with E-state index in [1.165, 1.54) is 29.5 Å². The molecule has 0 N–H and O–H groups in total. The minimum Gasteiger partial charge on any atom is -0.406 e. The standard InChI is InChI=1S/C17H17F3N2O3S/c18-17(19,20)25-11-5-6-13-14(8-11)26-16(21-13)22(15(23)10-3-4-10)9-12-2-1-7-24-12/h5-6,8,10,12H,1-4,7,9H2. The number of benzene rings is 1. The van der Waals surface area contributed by atoms with Crippen molar-refractivity contribution < 1.29 is 27.4 Å². The average Bonchev–Trinajstić information content (AvgIpc) is 3.13. The minimum absolute atomic E-state index is 0.0196. The third-order valence-corrected chi connectivity index (χ3v) is 5.46. The van der Waals surface area contributed by atoms with E-state index in [4.69, 9.17) is 4.74 Å². The first-order chi connectivity index (χ1) is 12.4. The molecular weight excluding hydrogens is 369 g/mol. The van der Waals surface area contributed by atoms with Crippen LogP contribution in [-0.2, 0) is 9.53 Å². The first kappa shape index (κ1) is 17.5. The second kappa shape index (κ2) is 6.70. The maximum absolute atomic E-state index is 12.7. The summed E-state index contributed by atoms with van der Waals surface area (Å²) in [4.78, 5) is 18.8. The van der Waals surface area contributed by atoms with E-state index in [-0.39, 0.29) is 23.7 Å². The van der Waals surface area contributed by atoms with Gasteiger partial charge in [0, 0.05) is 18.6 Å². The number of hydrogen-bond acceptors (Lipinski definition) is 5. The van der Waals surface area contributed by atoms with Crippen LogP contribution >= 0.6 is 11.3 Å². The Morgan fingerprint density at radius 1 is 1.35 bits per heavy atom. The lowest BCUT2D eigenvalue weighted by molar-refractivity contribution is -0.274. The highest BCUT2D eigenvalue weighted by atomic mass is 32.1. The first-order valence-electron chi connectivity index (χ1n) is 8.48. The quantitative estimate of drug-likeness (QED) is 0.776. The molecule has 1 atom stereocenters. The number of fused-ring (bicyclic) bond motifs is 1. The third-order valence-electron chi connectivity index (χ3n) is 4.42. The number of anilines is 1. The molecule has 2 aromatic rings. The van der Waals surface area contributed by atoms with Crippen molar-refractivity contribution in [1.29, 1.82) is 0 Å². The summed E-state index contributed by atoms with van der Waals surface area (Å²) in [5, 5.41) is 0.497. The smallest absolute Gasteiger partial charge is 0.406 e. The summed E-state index contributed by atoms with van der Waals surface area (Å²) in [6.45, 7) is 1.12. The van der Waals surface area contributed by atoms with Crippen LogP contribution < -0.4 is 9.64 Å². The van der Waals surface area contributed by atoms with Gasteiger partial charge < -0.3 is 9.47 Å². The molecule has 0 radical (unpaired) electrons. The zero-order chi connectivity index (χ0) is 18.3. The van der Waals surface area contributed by atoms with E-state index >= 15 is 0 Å². The highest BCUT2D eigenvalue weighted by Crippen LogP contribution is 2.37. The Labute approximate surface area is 151 Å². The fraction of sp³-hybridized carbons (Fsp3) is 0.529. The summed E-state index contributed by atoms with van der Waals surface area (Å²) in [6.07, 6.45) is -1.16. The molecule has 2 aliphatic rings. The molecule has 5 nitrogen and oxygen atoms in total. The Morgan fingerprint density at radius 3 is 2.81 bits per heavy atom. The molecule has 0 bridgehead atoms. The number of rotatable bonds is 5. The molecule has 140 valence electrons. The molecule has 1 amide bonds. The van der Waals surface area contributed by atoms with Crippen molar-refractivity contribution in [3.8, 4) is 5.75 Å². The van der Waals surface area contributed by atoms with Gasteiger partial charge in [-0.3, -0.25) is 9.69 Å². The normalized spacial score (nSPS) is 20.5. The monoisotopic (exact) mass is 386 g/mol. The Hall–Kier alpha value is -1.87. The number of amides is 1. The average molecular weight is 386 g/mol. The number of hydrogen-bond donors (Lipinski definition) is 0. The van der Waals surface area contributed by atoms with Gasteiger partial charge in [0.05, 0.1) is 22.9 Å². The number of carbonyl (C=O) groups excluding carboxylic acids is 1. The van der Waals surface area contributed by atoms with Crippen molar-refractivity contribution in [3.05, 3.63) is 18.2 Å². The van der Waals surface area contributed by atoms with E-state index in [0.717, 1.165) is 25.7 Å². The van der Waals surface area contributed by atoms with Crippen LogP contribution in [0.5, 0.6) is 5.75 Å². The van der Waals surface area contributed by atoms with Crippen LogP contribution in [0.2, 0.25) is 0 Å². The lowest BCUT2D eigenvalue weighted by atomic mass is 10.2. The van der Waals surface area contributed by atoms with E-state index in [0.29, 0.717) is 28.5 Å². The first-order valence-corrected chi connectivity index (χ1v) is 9.30. The molecular formula is C17H17F3N2O3S. The van der Waals surface area contributed by atoms with Gasteiger partial charge in [-0.15, -0.1) is 13.2 Å². The van der Waals surface area contributed by atoms with E-state index < -0.39 is 6.36 Å². The zero-order valence-electron chi connectivity index (χ0n) is 13.8. The largest absolute Gasteiger partial charge is 0.573 e. The van der Waals surface area contributed by atoms with Gasteiger partial charge in [0.1, 0.15) is 5.75 Å². The second-order valence-electron chi connectivity index (χ2n) is 6.53. The molecule has 26 heavy (non-hydrogen) atoms. The van der Waals surface area contributed by atoms with Crippen molar-refractivity contribution >= 4 is 32.6 Å². The van der Waals surface area contributed by atoms with Crippen LogP contribution in [0.25, 0.3) is 10.2 Å². The van der Waals surface area contributed by atoms with Crippen LogP contribution in [0.3, 0.4) is 0 Å².